The molecule has 10 heteroatoms. The molecule has 1 atom stereocenters. The number of hydrogen-bond acceptors (Lipinski definition) is 5. The number of halogens is 2. The molecule has 0 saturated heterocycles. The molecule has 230 valence electrons. The molecule has 0 bridgehead atoms. The van der Waals surface area contributed by atoms with Gasteiger partial charge in [0.1, 0.15) is 28.9 Å². The maximum atomic E-state index is 14.1. The topological polar surface area (TPSA) is 102 Å². The summed E-state index contributed by atoms with van der Waals surface area (Å²) in [6.07, 6.45) is 0.355. The minimum atomic E-state index is -4.42. The summed E-state index contributed by atoms with van der Waals surface area (Å²) in [5.74, 6) is -1.74. The van der Waals surface area contributed by atoms with Gasteiger partial charge in [0.05, 0.1) is 6.04 Å². The zero-order valence-electron chi connectivity index (χ0n) is 24.4. The number of rotatable bonds is 13. The Kier molecular flexibility index (Phi) is 10.8. The van der Waals surface area contributed by atoms with E-state index >= 15 is 0 Å². The van der Waals surface area contributed by atoms with Crippen LogP contribution in [0.2, 0.25) is 0 Å². The molecule has 7 nitrogen and oxygen atoms in total. The Morgan fingerprint density at radius 2 is 1.55 bits per heavy atom. The third-order valence-corrected chi connectivity index (χ3v) is 8.25. The first-order valence-corrected chi connectivity index (χ1v) is 15.7. The van der Waals surface area contributed by atoms with Crippen LogP contribution in [-0.4, -0.2) is 20.2 Å². The van der Waals surface area contributed by atoms with Gasteiger partial charge in [-0.05, 0) is 77.9 Å². The van der Waals surface area contributed by atoms with Crippen LogP contribution in [0, 0.1) is 17.6 Å². The average Bonchev–Trinajstić information content (AvgIpc) is 2.99. The van der Waals surface area contributed by atoms with Crippen molar-refractivity contribution in [1.82, 2.24) is 10.0 Å². The number of hydrogen-bond donors (Lipinski definition) is 2. The van der Waals surface area contributed by atoms with Gasteiger partial charge in [0.25, 0.3) is 15.9 Å². The maximum absolute atomic E-state index is 14.1. The minimum absolute atomic E-state index is 0.0343. The first kappa shape index (κ1) is 32.3. The van der Waals surface area contributed by atoms with Crippen molar-refractivity contribution < 1.29 is 31.5 Å². The van der Waals surface area contributed by atoms with Gasteiger partial charge in [-0.2, -0.15) is 0 Å². The Labute approximate surface area is 256 Å². The van der Waals surface area contributed by atoms with Crippen LogP contribution in [0.15, 0.2) is 102 Å². The number of sulfonamides is 1. The monoisotopic (exact) mass is 620 g/mol. The molecular weight excluding hydrogens is 586 g/mol. The summed E-state index contributed by atoms with van der Waals surface area (Å²) in [5, 5.41) is 3.06. The lowest BCUT2D eigenvalue weighted by Gasteiger charge is -2.22. The molecule has 0 fully saturated rings. The molecule has 0 radical (unpaired) electrons. The number of ether oxygens (including phenoxy) is 1. The van der Waals surface area contributed by atoms with E-state index in [9.17, 15) is 26.8 Å². The zero-order chi connectivity index (χ0) is 31.7. The van der Waals surface area contributed by atoms with E-state index in [0.717, 1.165) is 17.7 Å². The number of para-hydroxylation sites is 1. The van der Waals surface area contributed by atoms with Crippen LogP contribution in [0.1, 0.15) is 59.8 Å². The second-order valence-corrected chi connectivity index (χ2v) is 12.4. The molecule has 2 N–H and O–H groups in total. The Balaban J connectivity index is 1.56. The van der Waals surface area contributed by atoms with Gasteiger partial charge in [-0.3, -0.25) is 9.59 Å². The molecule has 44 heavy (non-hydrogen) atoms. The predicted molar refractivity (Wildman–Crippen MR) is 163 cm³/mol. The maximum Gasteiger partial charge on any atom is 0.266 e. The molecule has 0 heterocycles. The SMILES string of the molecule is CC(C)CC(NC(=O)c1cc(COc2ccccc2)ccc1CCC(=O)NS(=O)(=O)c1ccccc1F)c1ccc(F)cc1. The molecule has 0 saturated carbocycles. The third kappa shape index (κ3) is 8.97. The van der Waals surface area contributed by atoms with Crippen molar-refractivity contribution in [1.29, 1.82) is 0 Å². The van der Waals surface area contributed by atoms with Gasteiger partial charge in [0.15, 0.2) is 0 Å². The van der Waals surface area contributed by atoms with Crippen LogP contribution < -0.4 is 14.8 Å². The Morgan fingerprint density at radius 3 is 2.23 bits per heavy atom. The first-order valence-electron chi connectivity index (χ1n) is 14.2. The van der Waals surface area contributed by atoms with Crippen LogP contribution in [0.25, 0.3) is 0 Å². The van der Waals surface area contributed by atoms with Crippen molar-refractivity contribution in [3.05, 3.63) is 131 Å². The molecule has 0 spiro atoms. The summed E-state index contributed by atoms with van der Waals surface area (Å²) in [7, 11) is -4.42. The molecule has 4 aromatic rings. The molecule has 4 rings (SSSR count). The fraction of sp³-hybridized carbons (Fsp3) is 0.235. The highest BCUT2D eigenvalue weighted by Gasteiger charge is 2.23. The van der Waals surface area contributed by atoms with Gasteiger partial charge in [0, 0.05) is 12.0 Å². The average molecular weight is 621 g/mol. The zero-order valence-corrected chi connectivity index (χ0v) is 25.2. The molecule has 2 amide bonds. The van der Waals surface area contributed by atoms with Crippen LogP contribution in [0.4, 0.5) is 8.78 Å². The van der Waals surface area contributed by atoms with Gasteiger partial charge >= 0.3 is 0 Å². The quantitative estimate of drug-likeness (QED) is 0.178. The van der Waals surface area contributed by atoms with Crippen molar-refractivity contribution in [3.63, 3.8) is 0 Å². The lowest BCUT2D eigenvalue weighted by Crippen LogP contribution is -2.32. The summed E-state index contributed by atoms with van der Waals surface area (Å²) in [6, 6.07) is 24.7. The number of amides is 2. The van der Waals surface area contributed by atoms with E-state index in [2.05, 4.69) is 5.32 Å². The lowest BCUT2D eigenvalue weighted by molar-refractivity contribution is -0.119. The third-order valence-electron chi connectivity index (χ3n) is 6.85. The van der Waals surface area contributed by atoms with Crippen LogP contribution >= 0.6 is 0 Å². The molecule has 0 aliphatic rings. The largest absolute Gasteiger partial charge is 0.489 e. The number of nitrogens with one attached hydrogen (secondary N) is 2. The molecule has 0 aromatic heterocycles. The molecular formula is C34H34F2N2O5S. The minimum Gasteiger partial charge on any atom is -0.489 e. The number of aryl methyl sites for hydroxylation is 1. The second-order valence-electron chi connectivity index (χ2n) is 10.8. The lowest BCUT2D eigenvalue weighted by atomic mass is 9.95. The molecule has 0 aliphatic heterocycles. The fourth-order valence-corrected chi connectivity index (χ4v) is 5.77. The summed E-state index contributed by atoms with van der Waals surface area (Å²) < 4.78 is 60.6. The van der Waals surface area contributed by atoms with E-state index < -0.39 is 38.6 Å². The summed E-state index contributed by atoms with van der Waals surface area (Å²) in [4.78, 5) is 25.8. The number of carbonyl (C=O) groups excluding carboxylic acids is 2. The summed E-state index contributed by atoms with van der Waals surface area (Å²) in [5.41, 5.74) is 2.25. The highest BCUT2D eigenvalue weighted by molar-refractivity contribution is 7.90. The molecule has 0 aliphatic carbocycles. The standard InChI is InChI=1S/C34H34F2N2O5S/c1-23(2)20-31(26-14-17-27(35)18-15-26)37-34(40)29-21-24(22-43-28-8-4-3-5-9-28)12-13-25(29)16-19-33(39)38-44(41,42)32-11-7-6-10-30(32)36/h3-15,17-18,21,23,31H,16,19-20,22H2,1-2H3,(H,37,40)(H,38,39). The fourth-order valence-electron chi connectivity index (χ4n) is 4.67. The highest BCUT2D eigenvalue weighted by Crippen LogP contribution is 2.24. The van der Waals surface area contributed by atoms with E-state index in [1.165, 1.54) is 24.3 Å². The smallest absolute Gasteiger partial charge is 0.266 e. The van der Waals surface area contributed by atoms with Gasteiger partial charge in [0.2, 0.25) is 5.91 Å². The Bertz CT molecular complexity index is 1690. The number of benzene rings is 4. The summed E-state index contributed by atoms with van der Waals surface area (Å²) >= 11 is 0. The van der Waals surface area contributed by atoms with E-state index in [1.807, 2.05) is 48.9 Å². The van der Waals surface area contributed by atoms with E-state index in [-0.39, 0.29) is 31.2 Å². The van der Waals surface area contributed by atoms with Crippen molar-refractivity contribution in [2.75, 3.05) is 0 Å². The van der Waals surface area contributed by atoms with E-state index in [0.29, 0.717) is 28.9 Å². The van der Waals surface area contributed by atoms with E-state index in [4.69, 9.17) is 4.74 Å². The van der Waals surface area contributed by atoms with Crippen molar-refractivity contribution in [2.45, 2.75) is 50.7 Å². The predicted octanol–water partition coefficient (Wildman–Crippen LogP) is 6.50. The summed E-state index contributed by atoms with van der Waals surface area (Å²) in [6.45, 7) is 4.21. The first-order chi connectivity index (χ1) is 21.0. The van der Waals surface area contributed by atoms with Crippen molar-refractivity contribution >= 4 is 21.8 Å². The van der Waals surface area contributed by atoms with Gasteiger partial charge in [-0.25, -0.2) is 21.9 Å². The Morgan fingerprint density at radius 1 is 0.864 bits per heavy atom. The van der Waals surface area contributed by atoms with Crippen molar-refractivity contribution in [3.8, 4) is 5.75 Å². The van der Waals surface area contributed by atoms with Crippen LogP contribution in [-0.2, 0) is 27.8 Å². The second kappa shape index (κ2) is 14.7. The molecule has 4 aromatic carbocycles. The van der Waals surface area contributed by atoms with Gasteiger partial charge < -0.3 is 10.1 Å². The Hall–Kier alpha value is -4.57. The highest BCUT2D eigenvalue weighted by atomic mass is 32.2. The van der Waals surface area contributed by atoms with E-state index in [1.54, 1.807) is 30.3 Å². The van der Waals surface area contributed by atoms with Crippen molar-refractivity contribution in [2.24, 2.45) is 5.92 Å². The molecule has 1 unspecified atom stereocenters. The van der Waals surface area contributed by atoms with Gasteiger partial charge in [-0.1, -0.05) is 68.4 Å². The number of carbonyl (C=O) groups is 2. The normalized spacial score (nSPS) is 12.0. The van der Waals surface area contributed by atoms with Crippen LogP contribution in [0.3, 0.4) is 0 Å². The van der Waals surface area contributed by atoms with Crippen LogP contribution in [0.5, 0.6) is 5.75 Å². The van der Waals surface area contributed by atoms with Gasteiger partial charge in [-0.15, -0.1) is 0 Å².